The maximum absolute atomic E-state index is 13.9. The first-order valence-electron chi connectivity index (χ1n) is 12.9. The van der Waals surface area contributed by atoms with Crippen molar-refractivity contribution in [2.24, 2.45) is 0 Å². The van der Waals surface area contributed by atoms with Gasteiger partial charge in [0.1, 0.15) is 5.82 Å². The van der Waals surface area contributed by atoms with Crippen molar-refractivity contribution >= 4 is 23.8 Å². The Balaban J connectivity index is 0.000000312. The molecule has 2 aliphatic rings. The third-order valence-electron chi connectivity index (χ3n) is 7.09. The van der Waals surface area contributed by atoms with Gasteiger partial charge >= 0.3 is 6.18 Å². The van der Waals surface area contributed by atoms with Crippen molar-refractivity contribution in [3.63, 3.8) is 0 Å². The molecule has 1 amide bonds. The van der Waals surface area contributed by atoms with Gasteiger partial charge in [-0.05, 0) is 43.7 Å². The standard InChI is InChI=1S/C21H19ClF3N3O2.C7H14N2O/c1-29-17-8-5-13(9-18(17)30-2)15-10-19(21(23,24)25)28-20(26-15)11-16(27-28)12-3-6-14(22)7-4-12;1-6-4-9(5-10)7(2)3-8-6/h3-9,11,15,19,26H,10H2,1-2H3;5-8H,3-4H2,1-2H3/t;6-,7+/m.0/s1. The molecule has 2 N–H and O–H groups in total. The van der Waals surface area contributed by atoms with Crippen molar-refractivity contribution in [2.45, 2.75) is 50.6 Å². The molecule has 40 heavy (non-hydrogen) atoms. The van der Waals surface area contributed by atoms with Gasteiger partial charge in [0.05, 0.1) is 26.0 Å². The van der Waals surface area contributed by atoms with E-state index in [-0.39, 0.29) is 6.42 Å². The molecular weight excluding hydrogens is 547 g/mol. The van der Waals surface area contributed by atoms with Crippen molar-refractivity contribution in [3.05, 3.63) is 59.1 Å². The zero-order chi connectivity index (χ0) is 29.0. The smallest absolute Gasteiger partial charge is 0.410 e. The molecule has 3 heterocycles. The first-order valence-corrected chi connectivity index (χ1v) is 13.3. The highest BCUT2D eigenvalue weighted by Gasteiger charge is 2.46. The molecule has 2 aromatic carbocycles. The molecule has 1 saturated heterocycles. The molecular formula is C28H33ClF3N5O3. The maximum Gasteiger partial charge on any atom is 0.410 e. The number of piperazine rings is 1. The Morgan fingerprint density at radius 3 is 2.35 bits per heavy atom. The number of amides is 1. The minimum atomic E-state index is -4.45. The summed E-state index contributed by atoms with van der Waals surface area (Å²) in [7, 11) is 2.99. The molecule has 1 aromatic heterocycles. The summed E-state index contributed by atoms with van der Waals surface area (Å²) in [6.45, 7) is 5.89. The fourth-order valence-corrected chi connectivity index (χ4v) is 4.95. The number of anilines is 1. The average molecular weight is 580 g/mol. The zero-order valence-corrected chi connectivity index (χ0v) is 23.5. The highest BCUT2D eigenvalue weighted by molar-refractivity contribution is 6.30. The summed E-state index contributed by atoms with van der Waals surface area (Å²) in [5.74, 6) is 1.27. The first-order chi connectivity index (χ1) is 19.0. The Morgan fingerprint density at radius 1 is 1.05 bits per heavy atom. The number of nitrogens with zero attached hydrogens (tertiary/aromatic N) is 3. The summed E-state index contributed by atoms with van der Waals surface area (Å²) in [6.07, 6.45) is -3.72. The molecule has 1 fully saturated rings. The summed E-state index contributed by atoms with van der Waals surface area (Å²) < 4.78 is 53.2. The van der Waals surface area contributed by atoms with E-state index in [1.54, 1.807) is 48.5 Å². The number of hydrogen-bond donors (Lipinski definition) is 2. The number of halogens is 4. The van der Waals surface area contributed by atoms with Crippen LogP contribution in [-0.4, -0.2) is 66.7 Å². The number of ether oxygens (including phenoxy) is 2. The van der Waals surface area contributed by atoms with Crippen LogP contribution in [0.1, 0.15) is 37.9 Å². The largest absolute Gasteiger partial charge is 0.493 e. The van der Waals surface area contributed by atoms with Crippen LogP contribution >= 0.6 is 11.6 Å². The lowest BCUT2D eigenvalue weighted by molar-refractivity contribution is -0.173. The number of carbonyl (C=O) groups excluding carboxylic acids is 1. The number of benzene rings is 2. The van der Waals surface area contributed by atoms with Crippen LogP contribution in [0.2, 0.25) is 5.02 Å². The van der Waals surface area contributed by atoms with Gasteiger partial charge < -0.3 is 25.0 Å². The molecule has 5 rings (SSSR count). The van der Waals surface area contributed by atoms with Crippen molar-refractivity contribution in [3.8, 4) is 22.8 Å². The number of rotatable bonds is 5. The number of hydrogen-bond acceptors (Lipinski definition) is 6. The van der Waals surface area contributed by atoms with Crippen LogP contribution in [0.15, 0.2) is 48.5 Å². The second-order valence-corrected chi connectivity index (χ2v) is 10.4. The van der Waals surface area contributed by atoms with E-state index in [1.807, 2.05) is 11.8 Å². The number of nitrogens with one attached hydrogen (secondary N) is 2. The van der Waals surface area contributed by atoms with Crippen molar-refractivity contribution in [2.75, 3.05) is 32.6 Å². The van der Waals surface area contributed by atoms with Gasteiger partial charge in [0, 0.05) is 48.2 Å². The Morgan fingerprint density at radius 2 is 1.75 bits per heavy atom. The lowest BCUT2D eigenvalue weighted by Gasteiger charge is -2.34. The summed E-state index contributed by atoms with van der Waals surface area (Å²) in [4.78, 5) is 12.2. The second kappa shape index (κ2) is 12.4. The van der Waals surface area contributed by atoms with Gasteiger partial charge in [-0.2, -0.15) is 18.3 Å². The van der Waals surface area contributed by atoms with Crippen molar-refractivity contribution < 1.29 is 27.4 Å². The molecule has 216 valence electrons. The third-order valence-corrected chi connectivity index (χ3v) is 7.34. The Kier molecular flexibility index (Phi) is 9.15. The van der Waals surface area contributed by atoms with E-state index in [9.17, 15) is 18.0 Å². The van der Waals surface area contributed by atoms with E-state index in [2.05, 4.69) is 22.7 Å². The number of alkyl halides is 3. The Hall–Kier alpha value is -3.44. The van der Waals surface area contributed by atoms with Gasteiger partial charge in [-0.15, -0.1) is 0 Å². The van der Waals surface area contributed by atoms with E-state index < -0.39 is 18.3 Å². The number of fused-ring (bicyclic) bond motifs is 1. The fourth-order valence-electron chi connectivity index (χ4n) is 4.82. The molecule has 0 radical (unpaired) electrons. The van der Waals surface area contributed by atoms with E-state index in [0.717, 1.165) is 24.2 Å². The fraction of sp³-hybridized carbons (Fsp3) is 0.429. The van der Waals surface area contributed by atoms with Gasteiger partial charge in [-0.1, -0.05) is 29.8 Å². The molecule has 0 bridgehead atoms. The normalized spacial score (nSPS) is 22.4. The quantitative estimate of drug-likeness (QED) is 0.377. The Labute approximate surface area is 236 Å². The minimum Gasteiger partial charge on any atom is -0.493 e. The molecule has 0 saturated carbocycles. The summed E-state index contributed by atoms with van der Waals surface area (Å²) in [5.41, 5.74) is 1.80. The predicted molar refractivity (Wildman–Crippen MR) is 148 cm³/mol. The van der Waals surface area contributed by atoms with Crippen LogP contribution in [0.5, 0.6) is 11.5 Å². The lowest BCUT2D eigenvalue weighted by atomic mass is 9.96. The molecule has 4 atom stereocenters. The van der Waals surface area contributed by atoms with Crippen molar-refractivity contribution in [1.82, 2.24) is 20.0 Å². The van der Waals surface area contributed by atoms with Crippen molar-refractivity contribution in [1.29, 1.82) is 0 Å². The van der Waals surface area contributed by atoms with E-state index in [0.29, 0.717) is 51.2 Å². The highest BCUT2D eigenvalue weighted by Crippen LogP contribution is 2.45. The average Bonchev–Trinajstić information content (AvgIpc) is 3.37. The van der Waals surface area contributed by atoms with Gasteiger partial charge in [0.2, 0.25) is 6.41 Å². The molecule has 0 aliphatic carbocycles. The van der Waals surface area contributed by atoms with Gasteiger partial charge in [0.25, 0.3) is 0 Å². The van der Waals surface area contributed by atoms with Crippen LogP contribution in [0.3, 0.4) is 0 Å². The first kappa shape index (κ1) is 29.5. The predicted octanol–water partition coefficient (Wildman–Crippen LogP) is 5.71. The SMILES string of the molecule is COc1ccc(C2CC(C(F)(F)F)n3nc(-c4ccc(Cl)cc4)cc3N2)cc1OC.C[C@@H]1CN[C@@H](C)CN1C=O. The van der Waals surface area contributed by atoms with Gasteiger partial charge in [-0.25, -0.2) is 4.68 Å². The zero-order valence-electron chi connectivity index (χ0n) is 22.7. The van der Waals surface area contributed by atoms with Crippen LogP contribution in [0.25, 0.3) is 11.3 Å². The van der Waals surface area contributed by atoms with Gasteiger partial charge in [0.15, 0.2) is 17.5 Å². The van der Waals surface area contributed by atoms with E-state index in [1.165, 1.54) is 14.2 Å². The maximum atomic E-state index is 13.9. The Bertz CT molecular complexity index is 1300. The summed E-state index contributed by atoms with van der Waals surface area (Å²) in [6, 6.07) is 12.0. The van der Waals surface area contributed by atoms with Gasteiger partial charge in [-0.3, -0.25) is 4.79 Å². The minimum absolute atomic E-state index is 0.201. The molecule has 8 nitrogen and oxygen atoms in total. The van der Waals surface area contributed by atoms with E-state index >= 15 is 0 Å². The molecule has 12 heteroatoms. The van der Waals surface area contributed by atoms with Crippen LogP contribution in [0, 0.1) is 0 Å². The third kappa shape index (κ3) is 6.64. The number of methoxy groups -OCH3 is 2. The van der Waals surface area contributed by atoms with E-state index in [4.69, 9.17) is 21.1 Å². The second-order valence-electron chi connectivity index (χ2n) is 9.93. The van der Waals surface area contributed by atoms with Crippen LogP contribution in [-0.2, 0) is 4.79 Å². The van der Waals surface area contributed by atoms with Crippen LogP contribution in [0.4, 0.5) is 19.0 Å². The monoisotopic (exact) mass is 579 g/mol. The summed E-state index contributed by atoms with van der Waals surface area (Å²) in [5, 5.41) is 11.3. The topological polar surface area (TPSA) is 80.7 Å². The number of carbonyl (C=O) groups is 1. The summed E-state index contributed by atoms with van der Waals surface area (Å²) >= 11 is 5.91. The molecule has 0 spiro atoms. The highest BCUT2D eigenvalue weighted by atomic mass is 35.5. The number of aromatic nitrogens is 2. The van der Waals surface area contributed by atoms with Crippen LogP contribution < -0.4 is 20.1 Å². The molecule has 3 aromatic rings. The molecule has 2 aliphatic heterocycles. The molecule has 2 unspecified atom stereocenters. The lowest BCUT2D eigenvalue weighted by Crippen LogP contribution is -2.53.